The Hall–Kier alpha value is -0.580. The summed E-state index contributed by atoms with van der Waals surface area (Å²) in [7, 11) is 0. The summed E-state index contributed by atoms with van der Waals surface area (Å²) in [4.78, 5) is 2.40. The molecule has 1 aliphatic rings. The molecule has 0 saturated carbocycles. The van der Waals surface area contributed by atoms with Crippen molar-refractivity contribution in [3.05, 3.63) is 28.7 Å². The van der Waals surface area contributed by atoms with Crippen LogP contribution in [0.4, 0.5) is 5.69 Å². The van der Waals surface area contributed by atoms with Crippen LogP contribution < -0.4 is 10.2 Å². The number of rotatable bonds is 3. The summed E-state index contributed by atoms with van der Waals surface area (Å²) in [6, 6.07) is 9.17. The molecule has 2 N–H and O–H groups in total. The van der Waals surface area contributed by atoms with E-state index >= 15 is 0 Å². The molecule has 94 valence electrons. The van der Waals surface area contributed by atoms with Gasteiger partial charge in [-0.2, -0.15) is 0 Å². The van der Waals surface area contributed by atoms with Crippen LogP contribution in [0.15, 0.2) is 28.7 Å². The van der Waals surface area contributed by atoms with Gasteiger partial charge < -0.3 is 15.3 Å². The zero-order valence-corrected chi connectivity index (χ0v) is 11.7. The SMILES string of the molecule is CC1CNC(CCO)CN1c1ccccc1Br. The molecule has 1 aromatic rings. The van der Waals surface area contributed by atoms with Crippen molar-refractivity contribution in [1.29, 1.82) is 0 Å². The number of hydrogen-bond acceptors (Lipinski definition) is 3. The maximum atomic E-state index is 9.03. The van der Waals surface area contributed by atoms with Gasteiger partial charge in [0.15, 0.2) is 0 Å². The van der Waals surface area contributed by atoms with Crippen LogP contribution >= 0.6 is 15.9 Å². The minimum Gasteiger partial charge on any atom is -0.396 e. The molecule has 0 spiro atoms. The summed E-state index contributed by atoms with van der Waals surface area (Å²) in [6.45, 7) is 4.38. The molecule has 1 aromatic carbocycles. The molecule has 0 aliphatic carbocycles. The van der Waals surface area contributed by atoms with Gasteiger partial charge in [0.05, 0.1) is 5.69 Å². The highest BCUT2D eigenvalue weighted by atomic mass is 79.9. The second-order valence-corrected chi connectivity index (χ2v) is 5.42. The number of nitrogens with one attached hydrogen (secondary N) is 1. The van der Waals surface area contributed by atoms with Gasteiger partial charge in [0.1, 0.15) is 0 Å². The summed E-state index contributed by atoms with van der Waals surface area (Å²) in [5.74, 6) is 0. The van der Waals surface area contributed by atoms with E-state index in [2.05, 4.69) is 51.3 Å². The number of anilines is 1. The van der Waals surface area contributed by atoms with E-state index in [9.17, 15) is 0 Å². The fraction of sp³-hybridized carbons (Fsp3) is 0.538. The van der Waals surface area contributed by atoms with Gasteiger partial charge in [-0.15, -0.1) is 0 Å². The first-order chi connectivity index (χ1) is 8.22. The number of para-hydroxylation sites is 1. The first kappa shape index (κ1) is 12.9. The van der Waals surface area contributed by atoms with Crippen LogP contribution in [-0.2, 0) is 0 Å². The lowest BCUT2D eigenvalue weighted by atomic mass is 10.1. The van der Waals surface area contributed by atoms with E-state index in [-0.39, 0.29) is 6.61 Å². The van der Waals surface area contributed by atoms with E-state index in [0.717, 1.165) is 24.0 Å². The third-order valence-corrected chi connectivity index (χ3v) is 3.96. The monoisotopic (exact) mass is 298 g/mol. The molecule has 1 fully saturated rings. The first-order valence-electron chi connectivity index (χ1n) is 6.07. The zero-order valence-electron chi connectivity index (χ0n) is 10.1. The number of aliphatic hydroxyl groups is 1. The molecular formula is C13H19BrN2O. The quantitative estimate of drug-likeness (QED) is 0.896. The van der Waals surface area contributed by atoms with E-state index < -0.39 is 0 Å². The van der Waals surface area contributed by atoms with Crippen molar-refractivity contribution >= 4 is 21.6 Å². The Kier molecular flexibility index (Phi) is 4.42. The predicted octanol–water partition coefficient (Wildman–Crippen LogP) is 2.00. The Morgan fingerprint density at radius 2 is 2.24 bits per heavy atom. The summed E-state index contributed by atoms with van der Waals surface area (Å²) >= 11 is 3.61. The Balaban J connectivity index is 2.15. The number of aliphatic hydroxyl groups excluding tert-OH is 1. The molecule has 1 saturated heterocycles. The molecule has 3 nitrogen and oxygen atoms in total. The third kappa shape index (κ3) is 3.00. The molecule has 2 rings (SSSR count). The number of halogens is 1. The number of benzene rings is 1. The lowest BCUT2D eigenvalue weighted by molar-refractivity contribution is 0.254. The van der Waals surface area contributed by atoms with Gasteiger partial charge in [-0.1, -0.05) is 12.1 Å². The van der Waals surface area contributed by atoms with Crippen molar-refractivity contribution in [2.75, 3.05) is 24.6 Å². The summed E-state index contributed by atoms with van der Waals surface area (Å²) in [5, 5.41) is 12.5. The van der Waals surface area contributed by atoms with Gasteiger partial charge in [0.25, 0.3) is 0 Å². The van der Waals surface area contributed by atoms with Crippen molar-refractivity contribution in [1.82, 2.24) is 5.32 Å². The highest BCUT2D eigenvalue weighted by Crippen LogP contribution is 2.28. The van der Waals surface area contributed by atoms with Crippen LogP contribution in [0.25, 0.3) is 0 Å². The van der Waals surface area contributed by atoms with Gasteiger partial charge in [-0.3, -0.25) is 0 Å². The smallest absolute Gasteiger partial charge is 0.0514 e. The number of piperazine rings is 1. The first-order valence-corrected chi connectivity index (χ1v) is 6.87. The standard InChI is InChI=1S/C13H19BrN2O/c1-10-8-15-11(6-7-17)9-16(10)13-5-3-2-4-12(13)14/h2-5,10-11,15,17H,6-9H2,1H3. The van der Waals surface area contributed by atoms with Crippen molar-refractivity contribution < 1.29 is 5.11 Å². The normalized spacial score (nSPS) is 25.0. The Bertz CT molecular complexity index is 372. The minimum atomic E-state index is 0.246. The van der Waals surface area contributed by atoms with Crippen LogP contribution in [-0.4, -0.2) is 36.9 Å². The van der Waals surface area contributed by atoms with Gasteiger partial charge >= 0.3 is 0 Å². The maximum Gasteiger partial charge on any atom is 0.0514 e. The topological polar surface area (TPSA) is 35.5 Å². The van der Waals surface area contributed by atoms with E-state index in [1.165, 1.54) is 5.69 Å². The number of nitrogens with zero attached hydrogens (tertiary/aromatic N) is 1. The molecule has 0 aromatic heterocycles. The van der Waals surface area contributed by atoms with E-state index in [0.29, 0.717) is 12.1 Å². The molecule has 0 bridgehead atoms. The molecule has 2 atom stereocenters. The van der Waals surface area contributed by atoms with Gasteiger partial charge in [0, 0.05) is 36.3 Å². The van der Waals surface area contributed by atoms with E-state index in [1.807, 2.05) is 6.07 Å². The average Bonchev–Trinajstić information content (AvgIpc) is 2.33. The van der Waals surface area contributed by atoms with Gasteiger partial charge in [-0.05, 0) is 41.4 Å². The van der Waals surface area contributed by atoms with Crippen LogP contribution in [0.3, 0.4) is 0 Å². The van der Waals surface area contributed by atoms with Crippen LogP contribution in [0.5, 0.6) is 0 Å². The minimum absolute atomic E-state index is 0.246. The predicted molar refractivity (Wildman–Crippen MR) is 74.4 cm³/mol. The molecule has 17 heavy (non-hydrogen) atoms. The fourth-order valence-electron chi connectivity index (χ4n) is 2.30. The molecule has 1 heterocycles. The molecule has 2 unspecified atom stereocenters. The summed E-state index contributed by atoms with van der Waals surface area (Å²) in [5.41, 5.74) is 1.24. The van der Waals surface area contributed by atoms with Gasteiger partial charge in [0.2, 0.25) is 0 Å². The fourth-order valence-corrected chi connectivity index (χ4v) is 2.81. The molecule has 0 radical (unpaired) electrons. The maximum absolute atomic E-state index is 9.03. The summed E-state index contributed by atoms with van der Waals surface area (Å²) in [6.07, 6.45) is 0.813. The van der Waals surface area contributed by atoms with Crippen LogP contribution in [0.1, 0.15) is 13.3 Å². The van der Waals surface area contributed by atoms with Crippen molar-refractivity contribution in [3.63, 3.8) is 0 Å². The second-order valence-electron chi connectivity index (χ2n) is 4.57. The third-order valence-electron chi connectivity index (χ3n) is 3.29. The lowest BCUT2D eigenvalue weighted by Gasteiger charge is -2.40. The van der Waals surface area contributed by atoms with Crippen LogP contribution in [0, 0.1) is 0 Å². The zero-order chi connectivity index (χ0) is 12.3. The lowest BCUT2D eigenvalue weighted by Crippen LogP contribution is -2.55. The van der Waals surface area contributed by atoms with Gasteiger partial charge in [-0.25, -0.2) is 0 Å². The highest BCUT2D eigenvalue weighted by Gasteiger charge is 2.25. The average molecular weight is 299 g/mol. The highest BCUT2D eigenvalue weighted by molar-refractivity contribution is 9.10. The molecule has 4 heteroatoms. The Morgan fingerprint density at radius 3 is 2.94 bits per heavy atom. The Morgan fingerprint density at radius 1 is 1.47 bits per heavy atom. The van der Waals surface area contributed by atoms with E-state index in [4.69, 9.17) is 5.11 Å². The largest absolute Gasteiger partial charge is 0.396 e. The van der Waals surface area contributed by atoms with Crippen molar-refractivity contribution in [3.8, 4) is 0 Å². The summed E-state index contributed by atoms with van der Waals surface area (Å²) < 4.78 is 1.14. The molecule has 1 aliphatic heterocycles. The molecular weight excluding hydrogens is 280 g/mol. The Labute approximate surface area is 111 Å². The molecule has 0 amide bonds. The second kappa shape index (κ2) is 5.85. The van der Waals surface area contributed by atoms with Crippen LogP contribution in [0.2, 0.25) is 0 Å². The van der Waals surface area contributed by atoms with Crippen molar-refractivity contribution in [2.24, 2.45) is 0 Å². The van der Waals surface area contributed by atoms with E-state index in [1.54, 1.807) is 0 Å². The number of hydrogen-bond donors (Lipinski definition) is 2. The van der Waals surface area contributed by atoms with Crippen molar-refractivity contribution in [2.45, 2.75) is 25.4 Å².